The zero-order valence-corrected chi connectivity index (χ0v) is 42.6. The normalized spacial score (nSPS) is 13.3. The van der Waals surface area contributed by atoms with Gasteiger partial charge in [0.2, 0.25) is 0 Å². The van der Waals surface area contributed by atoms with E-state index in [1.807, 2.05) is 6.08 Å². The average molecular weight is 923 g/mol. The predicted octanol–water partition coefficient (Wildman–Crippen LogP) is 17.6. The third kappa shape index (κ3) is 52.1. The first-order chi connectivity index (χ1) is 33.0. The fraction of sp³-hybridized carbons (Fsp3) is 0.557. The molecular formula is C61H94O6. The molecule has 0 spiro atoms. The topological polar surface area (TPSA) is 78.9 Å². The maximum Gasteiger partial charge on any atom is 0.310 e. The Bertz CT molecular complexity index is 1530. The van der Waals surface area contributed by atoms with Gasteiger partial charge in [-0.2, -0.15) is 0 Å². The quantitative estimate of drug-likeness (QED) is 0.0262. The summed E-state index contributed by atoms with van der Waals surface area (Å²) in [6, 6.07) is 0. The molecule has 374 valence electrons. The lowest BCUT2D eigenvalue weighted by Crippen LogP contribution is -2.30. The number of allylic oxidation sites excluding steroid dienone is 23. The average Bonchev–Trinajstić information content (AvgIpc) is 3.33. The number of carbonyl (C=O) groups is 3. The Kier molecular flexibility index (Phi) is 50.1. The molecule has 0 aromatic rings. The number of ether oxygens (including phenoxy) is 3. The molecule has 6 heteroatoms. The number of esters is 3. The Morgan fingerprint density at radius 3 is 0.985 bits per heavy atom. The third-order valence-corrected chi connectivity index (χ3v) is 10.4. The van der Waals surface area contributed by atoms with Gasteiger partial charge < -0.3 is 14.2 Å². The summed E-state index contributed by atoms with van der Waals surface area (Å²) in [5.74, 6) is -1.11. The van der Waals surface area contributed by atoms with Crippen LogP contribution in [0.3, 0.4) is 0 Å². The summed E-state index contributed by atoms with van der Waals surface area (Å²) in [5, 5.41) is 0. The number of unbranched alkanes of at least 4 members (excludes halogenated alkanes) is 11. The Morgan fingerprint density at radius 2 is 0.627 bits per heavy atom. The van der Waals surface area contributed by atoms with E-state index < -0.39 is 12.1 Å². The van der Waals surface area contributed by atoms with Crippen LogP contribution in [-0.4, -0.2) is 37.2 Å². The molecule has 0 radical (unpaired) electrons. The van der Waals surface area contributed by atoms with Crippen molar-refractivity contribution in [3.63, 3.8) is 0 Å². The molecule has 1 atom stereocenters. The lowest BCUT2D eigenvalue weighted by molar-refractivity contribution is -0.166. The van der Waals surface area contributed by atoms with Gasteiger partial charge in [0.15, 0.2) is 6.10 Å². The summed E-state index contributed by atoms with van der Waals surface area (Å²) in [7, 11) is 0. The highest BCUT2D eigenvalue weighted by Crippen LogP contribution is 2.12. The van der Waals surface area contributed by atoms with Crippen LogP contribution in [0.5, 0.6) is 0 Å². The fourth-order valence-corrected chi connectivity index (χ4v) is 6.50. The summed E-state index contributed by atoms with van der Waals surface area (Å²) >= 11 is 0. The van der Waals surface area contributed by atoms with Gasteiger partial charge in [-0.1, -0.05) is 224 Å². The van der Waals surface area contributed by atoms with Gasteiger partial charge in [0.05, 0.1) is 6.42 Å². The van der Waals surface area contributed by atoms with Crippen molar-refractivity contribution in [2.75, 3.05) is 13.2 Å². The summed E-state index contributed by atoms with van der Waals surface area (Å²) < 4.78 is 16.6. The first kappa shape index (κ1) is 62.3. The third-order valence-electron chi connectivity index (χ3n) is 10.4. The standard InChI is InChI=1S/C61H94O6/c1-4-7-10-13-16-19-21-23-25-26-27-28-29-30-31-32-33-34-36-37-39-42-45-48-51-54-60(63)66-57-58(56-65-59(62)53-50-47-44-41-18-15-12-9-6-3)67-61(64)55-52-49-46-43-40-38-35-24-22-20-17-14-11-8-5-2/h7-8,10-11,16-17,19-20,23-25,27-28,30-31,33-35,37,39-40,43,49,52,58H,4-6,9,12-15,18,21-22,26,29,32,36,38,41-42,44-48,50-51,53-57H2,1-3H3/b10-7-,11-8-,19-16-,20-17-,25-23-,28-27-,31-30-,34-33-,35-24-,39-37-,43-40-,52-49-. The summed E-state index contributed by atoms with van der Waals surface area (Å²) in [5.41, 5.74) is 0. The molecule has 0 saturated carbocycles. The lowest BCUT2D eigenvalue weighted by atomic mass is 10.1. The molecule has 67 heavy (non-hydrogen) atoms. The first-order valence-corrected chi connectivity index (χ1v) is 26.3. The second-order valence-electron chi connectivity index (χ2n) is 16.7. The second kappa shape index (κ2) is 53.9. The summed E-state index contributed by atoms with van der Waals surface area (Å²) in [6.07, 6.45) is 77.2. The summed E-state index contributed by atoms with van der Waals surface area (Å²) in [4.78, 5) is 37.8. The van der Waals surface area contributed by atoms with Crippen LogP contribution in [0.1, 0.15) is 201 Å². The monoisotopic (exact) mass is 923 g/mol. The van der Waals surface area contributed by atoms with Crippen molar-refractivity contribution in [3.05, 3.63) is 146 Å². The van der Waals surface area contributed by atoms with Gasteiger partial charge in [0.1, 0.15) is 13.2 Å². The fourth-order valence-electron chi connectivity index (χ4n) is 6.50. The van der Waals surface area contributed by atoms with Gasteiger partial charge in [-0.3, -0.25) is 14.4 Å². The maximum atomic E-state index is 12.7. The molecule has 0 amide bonds. The predicted molar refractivity (Wildman–Crippen MR) is 288 cm³/mol. The van der Waals surface area contributed by atoms with Crippen LogP contribution in [0.15, 0.2) is 146 Å². The van der Waals surface area contributed by atoms with E-state index >= 15 is 0 Å². The molecule has 0 aromatic heterocycles. The molecule has 0 bridgehead atoms. The van der Waals surface area contributed by atoms with Gasteiger partial charge in [0, 0.05) is 12.8 Å². The Hall–Kier alpha value is -4.71. The van der Waals surface area contributed by atoms with Crippen LogP contribution in [0.2, 0.25) is 0 Å². The Morgan fingerprint density at radius 1 is 0.328 bits per heavy atom. The highest BCUT2D eigenvalue weighted by atomic mass is 16.6. The smallest absolute Gasteiger partial charge is 0.310 e. The number of hydrogen-bond acceptors (Lipinski definition) is 6. The van der Waals surface area contributed by atoms with E-state index in [0.717, 1.165) is 116 Å². The SMILES string of the molecule is CC/C=C\C/C=C\C/C=C\C/C=C\C/C=C\C/C=C\C/C=C\CCCCCC(=O)OCC(COC(=O)CCCCCCCCCCC)OC(=O)C/C=C\C/C=C\C/C=C\C/C=C\C/C=C\CC. The molecule has 0 aromatic carbocycles. The largest absolute Gasteiger partial charge is 0.462 e. The van der Waals surface area contributed by atoms with Crippen LogP contribution in [0.25, 0.3) is 0 Å². The van der Waals surface area contributed by atoms with Crippen molar-refractivity contribution in [2.45, 2.75) is 207 Å². The molecule has 0 N–H and O–H groups in total. The molecule has 0 rings (SSSR count). The Labute approximate surface area is 410 Å². The minimum Gasteiger partial charge on any atom is -0.462 e. The van der Waals surface area contributed by atoms with Gasteiger partial charge in [0.25, 0.3) is 0 Å². The van der Waals surface area contributed by atoms with Crippen molar-refractivity contribution >= 4 is 17.9 Å². The van der Waals surface area contributed by atoms with Crippen molar-refractivity contribution in [1.29, 1.82) is 0 Å². The second-order valence-corrected chi connectivity index (χ2v) is 16.7. The van der Waals surface area contributed by atoms with E-state index in [0.29, 0.717) is 19.3 Å². The van der Waals surface area contributed by atoms with Gasteiger partial charge >= 0.3 is 17.9 Å². The van der Waals surface area contributed by atoms with Crippen LogP contribution < -0.4 is 0 Å². The van der Waals surface area contributed by atoms with E-state index in [4.69, 9.17) is 14.2 Å². The van der Waals surface area contributed by atoms with Crippen molar-refractivity contribution in [1.82, 2.24) is 0 Å². The van der Waals surface area contributed by atoms with Crippen LogP contribution in [0.4, 0.5) is 0 Å². The van der Waals surface area contributed by atoms with Crippen LogP contribution >= 0.6 is 0 Å². The molecule has 0 aliphatic carbocycles. The molecule has 0 heterocycles. The van der Waals surface area contributed by atoms with E-state index in [2.05, 4.69) is 154 Å². The molecule has 0 saturated heterocycles. The molecular weight excluding hydrogens is 829 g/mol. The first-order valence-electron chi connectivity index (χ1n) is 26.3. The van der Waals surface area contributed by atoms with Crippen LogP contribution in [0, 0.1) is 0 Å². The zero-order valence-electron chi connectivity index (χ0n) is 42.6. The number of hydrogen-bond donors (Lipinski definition) is 0. The summed E-state index contributed by atoms with van der Waals surface area (Å²) in [6.45, 7) is 6.25. The zero-order chi connectivity index (χ0) is 48.6. The van der Waals surface area contributed by atoms with Crippen molar-refractivity contribution in [3.8, 4) is 0 Å². The Balaban J connectivity index is 4.48. The molecule has 0 fully saturated rings. The number of rotatable bonds is 45. The molecule has 1 unspecified atom stereocenters. The molecule has 6 nitrogen and oxygen atoms in total. The van der Waals surface area contributed by atoms with Crippen molar-refractivity contribution in [2.24, 2.45) is 0 Å². The minimum absolute atomic E-state index is 0.0835. The van der Waals surface area contributed by atoms with Gasteiger partial charge in [-0.15, -0.1) is 0 Å². The van der Waals surface area contributed by atoms with Gasteiger partial charge in [-0.25, -0.2) is 0 Å². The highest BCUT2D eigenvalue weighted by Gasteiger charge is 2.19. The van der Waals surface area contributed by atoms with E-state index in [1.54, 1.807) is 6.08 Å². The van der Waals surface area contributed by atoms with E-state index in [1.165, 1.54) is 38.5 Å². The number of carbonyl (C=O) groups excluding carboxylic acids is 3. The van der Waals surface area contributed by atoms with E-state index in [-0.39, 0.29) is 31.6 Å². The minimum atomic E-state index is -0.849. The van der Waals surface area contributed by atoms with Crippen molar-refractivity contribution < 1.29 is 28.6 Å². The highest BCUT2D eigenvalue weighted by molar-refractivity contribution is 5.72. The molecule has 0 aliphatic heterocycles. The molecule has 0 aliphatic rings. The lowest BCUT2D eigenvalue weighted by Gasteiger charge is -2.18. The van der Waals surface area contributed by atoms with Gasteiger partial charge in [-0.05, 0) is 103 Å². The van der Waals surface area contributed by atoms with Crippen LogP contribution in [-0.2, 0) is 28.6 Å². The maximum absolute atomic E-state index is 12.7. The van der Waals surface area contributed by atoms with E-state index in [9.17, 15) is 14.4 Å².